The van der Waals surface area contributed by atoms with Gasteiger partial charge >= 0.3 is 0 Å². The fraction of sp³-hybridized carbons (Fsp3) is 0.688. The van der Waals surface area contributed by atoms with E-state index in [9.17, 15) is 0 Å². The molecule has 3 unspecified atom stereocenters. The molecular weight excluding hydrogens is 236 g/mol. The molecule has 1 fully saturated rings. The minimum atomic E-state index is 0.384. The molecule has 1 aliphatic rings. The molecule has 19 heavy (non-hydrogen) atoms. The Morgan fingerprint density at radius 1 is 1.26 bits per heavy atom. The number of aryl methyl sites for hydroxylation is 1. The predicted molar refractivity (Wildman–Crippen MR) is 78.9 cm³/mol. The molecule has 3 heteroatoms. The van der Waals surface area contributed by atoms with Crippen LogP contribution in [0.25, 0.3) is 0 Å². The van der Waals surface area contributed by atoms with Gasteiger partial charge in [0, 0.05) is 11.9 Å². The molecule has 3 nitrogen and oxygen atoms in total. The topological polar surface area (TPSA) is 48.1 Å². The molecule has 1 aliphatic carbocycles. The SMILES string of the molecule is Cc1cnc(COC2CCC(C)C(C)C2)c(C)c1N. The molecule has 0 aliphatic heterocycles. The van der Waals surface area contributed by atoms with Crippen molar-refractivity contribution in [1.82, 2.24) is 4.98 Å². The van der Waals surface area contributed by atoms with Gasteiger partial charge in [0.15, 0.2) is 0 Å². The monoisotopic (exact) mass is 262 g/mol. The lowest BCUT2D eigenvalue weighted by Gasteiger charge is -2.32. The van der Waals surface area contributed by atoms with Crippen LogP contribution >= 0.6 is 0 Å². The normalized spacial score (nSPS) is 27.5. The Kier molecular flexibility index (Phi) is 4.46. The lowest BCUT2D eigenvalue weighted by Crippen LogP contribution is -2.26. The number of ether oxygens (including phenoxy) is 1. The lowest BCUT2D eigenvalue weighted by molar-refractivity contribution is -0.00893. The van der Waals surface area contributed by atoms with Crippen molar-refractivity contribution >= 4 is 5.69 Å². The average molecular weight is 262 g/mol. The van der Waals surface area contributed by atoms with Crippen molar-refractivity contribution in [3.63, 3.8) is 0 Å². The van der Waals surface area contributed by atoms with Crippen molar-refractivity contribution in [2.75, 3.05) is 5.73 Å². The molecule has 2 rings (SSSR count). The molecular formula is C16H26N2O. The van der Waals surface area contributed by atoms with Gasteiger partial charge in [0.05, 0.1) is 18.4 Å². The molecule has 3 atom stereocenters. The van der Waals surface area contributed by atoms with E-state index in [4.69, 9.17) is 10.5 Å². The number of hydrogen-bond donors (Lipinski definition) is 1. The van der Waals surface area contributed by atoms with Crippen LogP contribution in [0.1, 0.15) is 49.9 Å². The summed E-state index contributed by atoms with van der Waals surface area (Å²) in [5.74, 6) is 1.59. The third kappa shape index (κ3) is 3.27. The Morgan fingerprint density at radius 3 is 2.68 bits per heavy atom. The Labute approximate surface area is 116 Å². The first-order valence-electron chi connectivity index (χ1n) is 7.31. The van der Waals surface area contributed by atoms with Crippen molar-refractivity contribution in [3.05, 3.63) is 23.0 Å². The van der Waals surface area contributed by atoms with Gasteiger partial charge in [0.2, 0.25) is 0 Å². The summed E-state index contributed by atoms with van der Waals surface area (Å²) in [6, 6.07) is 0. The zero-order valence-electron chi connectivity index (χ0n) is 12.6. The maximum Gasteiger partial charge on any atom is 0.0895 e. The van der Waals surface area contributed by atoms with Crippen molar-refractivity contribution in [2.45, 2.75) is 59.7 Å². The fourth-order valence-electron chi connectivity index (χ4n) is 2.78. The first-order valence-corrected chi connectivity index (χ1v) is 7.31. The van der Waals surface area contributed by atoms with Crippen LogP contribution in [0.2, 0.25) is 0 Å². The molecule has 0 saturated heterocycles. The van der Waals surface area contributed by atoms with E-state index in [1.165, 1.54) is 19.3 Å². The van der Waals surface area contributed by atoms with E-state index in [1.54, 1.807) is 0 Å². The standard InChI is InChI=1S/C16H26N2O/c1-10-5-6-14(7-11(10)2)19-9-15-13(4)16(17)12(3)8-18-15/h8,10-11,14H,5-7,9H2,1-4H3,(H2,17,18). The molecule has 0 aromatic carbocycles. The summed E-state index contributed by atoms with van der Waals surface area (Å²) in [5.41, 5.74) is 9.97. The zero-order valence-corrected chi connectivity index (χ0v) is 12.6. The molecule has 1 heterocycles. The second kappa shape index (κ2) is 5.91. The molecule has 106 valence electrons. The maximum absolute atomic E-state index is 6.05. The van der Waals surface area contributed by atoms with Gasteiger partial charge in [-0.1, -0.05) is 13.8 Å². The number of nitrogens with two attached hydrogens (primary N) is 1. The van der Waals surface area contributed by atoms with Gasteiger partial charge < -0.3 is 10.5 Å². The van der Waals surface area contributed by atoms with Crippen molar-refractivity contribution in [2.24, 2.45) is 11.8 Å². The molecule has 0 amide bonds. The van der Waals surface area contributed by atoms with Gasteiger partial charge in [-0.15, -0.1) is 0 Å². The number of rotatable bonds is 3. The Hall–Kier alpha value is -1.09. The highest BCUT2D eigenvalue weighted by Gasteiger charge is 2.25. The quantitative estimate of drug-likeness (QED) is 0.905. The van der Waals surface area contributed by atoms with Gasteiger partial charge in [0.25, 0.3) is 0 Å². The minimum absolute atomic E-state index is 0.384. The van der Waals surface area contributed by atoms with Crippen molar-refractivity contribution < 1.29 is 4.74 Å². The van der Waals surface area contributed by atoms with Crippen molar-refractivity contribution in [3.8, 4) is 0 Å². The second-order valence-electron chi connectivity index (χ2n) is 6.13. The highest BCUT2D eigenvalue weighted by Crippen LogP contribution is 2.31. The highest BCUT2D eigenvalue weighted by molar-refractivity contribution is 5.53. The molecule has 1 saturated carbocycles. The van der Waals surface area contributed by atoms with E-state index in [0.29, 0.717) is 12.7 Å². The van der Waals surface area contributed by atoms with Crippen LogP contribution in [0.4, 0.5) is 5.69 Å². The summed E-state index contributed by atoms with van der Waals surface area (Å²) in [6.07, 6.45) is 5.84. The lowest BCUT2D eigenvalue weighted by atomic mass is 9.80. The Balaban J connectivity index is 1.94. The van der Waals surface area contributed by atoms with Crippen LogP contribution in [-0.4, -0.2) is 11.1 Å². The Bertz CT molecular complexity index is 445. The molecule has 0 radical (unpaired) electrons. The number of anilines is 1. The van der Waals surface area contributed by atoms with E-state index in [2.05, 4.69) is 18.8 Å². The van der Waals surface area contributed by atoms with Crippen LogP contribution in [0, 0.1) is 25.7 Å². The van der Waals surface area contributed by atoms with E-state index in [1.807, 2.05) is 20.0 Å². The number of nitrogens with zero attached hydrogens (tertiary/aromatic N) is 1. The predicted octanol–water partition coefficient (Wildman–Crippen LogP) is 3.62. The summed E-state index contributed by atoms with van der Waals surface area (Å²) in [7, 11) is 0. The molecule has 0 spiro atoms. The number of nitrogen functional groups attached to an aromatic ring is 1. The number of pyridine rings is 1. The summed E-state index contributed by atoms with van der Waals surface area (Å²) < 4.78 is 6.05. The van der Waals surface area contributed by atoms with Crippen LogP contribution < -0.4 is 5.73 Å². The van der Waals surface area contributed by atoms with Crippen LogP contribution in [0.15, 0.2) is 6.20 Å². The third-order valence-corrected chi connectivity index (χ3v) is 4.68. The van der Waals surface area contributed by atoms with Gasteiger partial charge in [-0.05, 0) is 56.1 Å². The maximum atomic E-state index is 6.05. The zero-order chi connectivity index (χ0) is 14.0. The van der Waals surface area contributed by atoms with E-state index >= 15 is 0 Å². The summed E-state index contributed by atoms with van der Waals surface area (Å²) in [4.78, 5) is 4.45. The van der Waals surface area contributed by atoms with Crippen LogP contribution in [0.3, 0.4) is 0 Å². The number of aromatic nitrogens is 1. The fourth-order valence-corrected chi connectivity index (χ4v) is 2.78. The smallest absolute Gasteiger partial charge is 0.0895 e. The first kappa shape index (κ1) is 14.3. The van der Waals surface area contributed by atoms with E-state index < -0.39 is 0 Å². The average Bonchev–Trinajstić information content (AvgIpc) is 2.39. The summed E-state index contributed by atoms with van der Waals surface area (Å²) >= 11 is 0. The minimum Gasteiger partial charge on any atom is -0.398 e. The first-order chi connectivity index (χ1) is 8.99. The third-order valence-electron chi connectivity index (χ3n) is 4.68. The van der Waals surface area contributed by atoms with Crippen molar-refractivity contribution in [1.29, 1.82) is 0 Å². The summed E-state index contributed by atoms with van der Waals surface area (Å²) in [5, 5.41) is 0. The van der Waals surface area contributed by atoms with Gasteiger partial charge in [0.1, 0.15) is 0 Å². The van der Waals surface area contributed by atoms with Crippen LogP contribution in [-0.2, 0) is 11.3 Å². The van der Waals surface area contributed by atoms with E-state index in [-0.39, 0.29) is 0 Å². The summed E-state index contributed by atoms with van der Waals surface area (Å²) in [6.45, 7) is 9.27. The molecule has 2 N–H and O–H groups in total. The Morgan fingerprint density at radius 2 is 2.00 bits per heavy atom. The van der Waals surface area contributed by atoms with Gasteiger partial charge in [-0.2, -0.15) is 0 Å². The second-order valence-corrected chi connectivity index (χ2v) is 6.13. The van der Waals surface area contributed by atoms with E-state index in [0.717, 1.165) is 34.3 Å². The van der Waals surface area contributed by atoms with Gasteiger partial charge in [-0.3, -0.25) is 4.98 Å². The highest BCUT2D eigenvalue weighted by atomic mass is 16.5. The number of hydrogen-bond acceptors (Lipinski definition) is 3. The molecule has 0 bridgehead atoms. The molecule has 1 aromatic rings. The van der Waals surface area contributed by atoms with Gasteiger partial charge in [-0.25, -0.2) is 0 Å². The van der Waals surface area contributed by atoms with Crippen LogP contribution in [0.5, 0.6) is 0 Å². The largest absolute Gasteiger partial charge is 0.398 e. The molecule has 1 aromatic heterocycles.